The first-order chi connectivity index (χ1) is 8.65. The average molecular weight is 364 g/mol. The Balaban J connectivity index is 1.80. The minimum absolute atomic E-state index is 0.231. The zero-order valence-electron chi connectivity index (χ0n) is 12.1. The van der Waals surface area contributed by atoms with Gasteiger partial charge in [-0.1, -0.05) is 49.3 Å². The second-order valence-corrected chi connectivity index (χ2v) is 7.62. The topological polar surface area (TPSA) is 9.23 Å². The van der Waals surface area contributed by atoms with E-state index in [9.17, 15) is 0 Å². The third-order valence-corrected chi connectivity index (χ3v) is 6.62. The summed E-state index contributed by atoms with van der Waals surface area (Å²) in [7, 11) is 0. The van der Waals surface area contributed by atoms with Gasteiger partial charge in [0.25, 0.3) is 0 Å². The summed E-state index contributed by atoms with van der Waals surface area (Å²) in [6.07, 6.45) is 11.0. The van der Waals surface area contributed by atoms with Crippen molar-refractivity contribution in [3.05, 3.63) is 0 Å². The minimum atomic E-state index is 0.231. The molecule has 0 atom stereocenters. The Morgan fingerprint density at radius 2 is 1.72 bits per heavy atom. The summed E-state index contributed by atoms with van der Waals surface area (Å²) in [5.41, 5.74) is 0.231. The van der Waals surface area contributed by atoms with E-state index in [1.807, 2.05) is 0 Å². The van der Waals surface area contributed by atoms with E-state index in [4.69, 9.17) is 4.74 Å². The van der Waals surface area contributed by atoms with Crippen LogP contribution in [0.15, 0.2) is 0 Å². The summed E-state index contributed by atoms with van der Waals surface area (Å²) in [6.45, 7) is 5.79. The number of alkyl halides is 1. The molecule has 0 saturated heterocycles. The molecule has 0 aromatic rings. The number of hydrogen-bond acceptors (Lipinski definition) is 1. The van der Waals surface area contributed by atoms with Gasteiger partial charge < -0.3 is 4.74 Å². The maximum atomic E-state index is 6.42. The molecule has 0 spiro atoms. The summed E-state index contributed by atoms with van der Waals surface area (Å²) in [4.78, 5) is 0. The van der Waals surface area contributed by atoms with E-state index in [-0.39, 0.29) is 5.60 Å². The van der Waals surface area contributed by atoms with Crippen LogP contribution in [0.4, 0.5) is 0 Å². The molecular weight excluding hydrogens is 335 g/mol. The molecule has 0 aliphatic heterocycles. The van der Waals surface area contributed by atoms with Crippen LogP contribution in [0.5, 0.6) is 0 Å². The highest BCUT2D eigenvalue weighted by atomic mass is 127. The fourth-order valence-corrected chi connectivity index (χ4v) is 4.60. The quantitative estimate of drug-likeness (QED) is 0.480. The van der Waals surface area contributed by atoms with Crippen molar-refractivity contribution in [2.24, 2.45) is 17.8 Å². The first-order valence-corrected chi connectivity index (χ1v) is 9.38. The van der Waals surface area contributed by atoms with Crippen molar-refractivity contribution in [2.75, 3.05) is 11.0 Å². The van der Waals surface area contributed by atoms with Gasteiger partial charge in [-0.2, -0.15) is 0 Å². The van der Waals surface area contributed by atoms with E-state index >= 15 is 0 Å². The van der Waals surface area contributed by atoms with Gasteiger partial charge in [-0.15, -0.1) is 0 Å². The molecule has 0 bridgehead atoms. The lowest BCUT2D eigenvalue weighted by atomic mass is 9.75. The maximum absolute atomic E-state index is 6.42. The van der Waals surface area contributed by atoms with Crippen LogP contribution in [0.25, 0.3) is 0 Å². The van der Waals surface area contributed by atoms with E-state index in [2.05, 4.69) is 36.4 Å². The SMILES string of the molecule is CC(C)C1CCC(CI)(OCC2CCCC2)CC1. The zero-order chi connectivity index (χ0) is 13.0. The van der Waals surface area contributed by atoms with Gasteiger partial charge in [0.2, 0.25) is 0 Å². The summed E-state index contributed by atoms with van der Waals surface area (Å²) in [6, 6.07) is 0. The van der Waals surface area contributed by atoms with Crippen molar-refractivity contribution in [3.63, 3.8) is 0 Å². The predicted octanol–water partition coefficient (Wildman–Crippen LogP) is 5.21. The molecule has 2 aliphatic carbocycles. The molecular formula is C16H29IO. The van der Waals surface area contributed by atoms with Crippen molar-refractivity contribution in [1.82, 2.24) is 0 Å². The molecule has 0 amide bonds. The van der Waals surface area contributed by atoms with Crippen molar-refractivity contribution in [1.29, 1.82) is 0 Å². The van der Waals surface area contributed by atoms with E-state index in [1.54, 1.807) is 0 Å². The third kappa shape index (κ3) is 3.84. The Labute approximate surface area is 127 Å². The van der Waals surface area contributed by atoms with Crippen molar-refractivity contribution < 1.29 is 4.74 Å². The summed E-state index contributed by atoms with van der Waals surface area (Å²) < 4.78 is 7.61. The molecule has 0 aromatic heterocycles. The van der Waals surface area contributed by atoms with Gasteiger partial charge in [-0.05, 0) is 56.3 Å². The first-order valence-electron chi connectivity index (χ1n) is 7.85. The van der Waals surface area contributed by atoms with Crippen LogP contribution in [0.3, 0.4) is 0 Å². The van der Waals surface area contributed by atoms with Gasteiger partial charge >= 0.3 is 0 Å². The monoisotopic (exact) mass is 364 g/mol. The van der Waals surface area contributed by atoms with Crippen molar-refractivity contribution in [2.45, 2.75) is 70.8 Å². The second kappa shape index (κ2) is 6.92. The molecule has 0 heterocycles. The van der Waals surface area contributed by atoms with E-state index in [1.165, 1.54) is 55.8 Å². The molecule has 1 nitrogen and oxygen atoms in total. The molecule has 0 radical (unpaired) electrons. The fraction of sp³-hybridized carbons (Fsp3) is 1.00. The lowest BCUT2D eigenvalue weighted by Gasteiger charge is -2.40. The minimum Gasteiger partial charge on any atom is -0.374 e. The summed E-state index contributed by atoms with van der Waals surface area (Å²) in [5, 5.41) is 0. The van der Waals surface area contributed by atoms with Crippen LogP contribution < -0.4 is 0 Å². The molecule has 0 aromatic carbocycles. The molecule has 2 heteroatoms. The normalized spacial score (nSPS) is 34.3. The fourth-order valence-electron chi connectivity index (χ4n) is 3.62. The Bertz CT molecular complexity index is 237. The van der Waals surface area contributed by atoms with Crippen LogP contribution in [0.1, 0.15) is 65.2 Å². The predicted molar refractivity (Wildman–Crippen MR) is 86.3 cm³/mol. The lowest BCUT2D eigenvalue weighted by Crippen LogP contribution is -2.40. The lowest BCUT2D eigenvalue weighted by molar-refractivity contribution is -0.0745. The number of hydrogen-bond donors (Lipinski definition) is 0. The van der Waals surface area contributed by atoms with Crippen LogP contribution in [0, 0.1) is 17.8 Å². The van der Waals surface area contributed by atoms with Crippen LogP contribution >= 0.6 is 22.6 Å². The Morgan fingerprint density at radius 1 is 1.11 bits per heavy atom. The molecule has 18 heavy (non-hydrogen) atoms. The molecule has 0 unspecified atom stereocenters. The number of rotatable bonds is 5. The molecule has 2 saturated carbocycles. The van der Waals surface area contributed by atoms with Gasteiger partial charge in [0.1, 0.15) is 0 Å². The largest absolute Gasteiger partial charge is 0.374 e. The van der Waals surface area contributed by atoms with Gasteiger partial charge in [0.05, 0.1) is 12.2 Å². The molecule has 2 fully saturated rings. The third-order valence-electron chi connectivity index (χ3n) is 5.23. The smallest absolute Gasteiger partial charge is 0.0771 e. The molecule has 0 N–H and O–H groups in total. The summed E-state index contributed by atoms with van der Waals surface area (Å²) in [5.74, 6) is 2.66. The van der Waals surface area contributed by atoms with Gasteiger partial charge in [0.15, 0.2) is 0 Å². The van der Waals surface area contributed by atoms with E-state index in [0.29, 0.717) is 0 Å². The Hall–Kier alpha value is 0.690. The van der Waals surface area contributed by atoms with Crippen LogP contribution in [-0.4, -0.2) is 16.6 Å². The first kappa shape index (κ1) is 15.1. The Morgan fingerprint density at radius 3 is 2.22 bits per heavy atom. The van der Waals surface area contributed by atoms with E-state index < -0.39 is 0 Å². The highest BCUT2D eigenvalue weighted by Gasteiger charge is 2.36. The molecule has 2 aliphatic rings. The van der Waals surface area contributed by atoms with Crippen molar-refractivity contribution >= 4 is 22.6 Å². The van der Waals surface area contributed by atoms with Gasteiger partial charge in [-0.3, -0.25) is 0 Å². The van der Waals surface area contributed by atoms with Crippen LogP contribution in [-0.2, 0) is 4.74 Å². The summed E-state index contributed by atoms with van der Waals surface area (Å²) >= 11 is 2.55. The highest BCUT2D eigenvalue weighted by molar-refractivity contribution is 14.1. The highest BCUT2D eigenvalue weighted by Crippen LogP contribution is 2.40. The number of halogens is 1. The van der Waals surface area contributed by atoms with Gasteiger partial charge in [0, 0.05) is 4.43 Å². The molecule has 106 valence electrons. The maximum Gasteiger partial charge on any atom is 0.0771 e. The van der Waals surface area contributed by atoms with E-state index in [0.717, 1.165) is 24.4 Å². The second-order valence-electron chi connectivity index (χ2n) is 6.86. The average Bonchev–Trinajstić information content (AvgIpc) is 2.90. The number of ether oxygens (including phenoxy) is 1. The Kier molecular flexibility index (Phi) is 5.80. The van der Waals surface area contributed by atoms with Crippen molar-refractivity contribution in [3.8, 4) is 0 Å². The zero-order valence-corrected chi connectivity index (χ0v) is 14.2. The van der Waals surface area contributed by atoms with Gasteiger partial charge in [-0.25, -0.2) is 0 Å². The molecule has 2 rings (SSSR count). The van der Waals surface area contributed by atoms with Crippen LogP contribution in [0.2, 0.25) is 0 Å². The standard InChI is InChI=1S/C16H29IO/c1-13(2)15-7-9-16(12-17,10-8-15)18-11-14-5-3-4-6-14/h13-15H,3-12H2,1-2H3.